The highest BCUT2D eigenvalue weighted by Crippen LogP contribution is 2.16. The largest absolute Gasteiger partial charge is 0.462 e. The summed E-state index contributed by atoms with van der Waals surface area (Å²) in [6.45, 7) is 6.51. The van der Waals surface area contributed by atoms with E-state index in [4.69, 9.17) is 14.2 Å². The van der Waals surface area contributed by atoms with Gasteiger partial charge in [0.15, 0.2) is 6.10 Å². The second-order valence-electron chi connectivity index (χ2n) is 22.0. The summed E-state index contributed by atoms with van der Waals surface area (Å²) in [6, 6.07) is 0. The highest BCUT2D eigenvalue weighted by Gasteiger charge is 2.19. The molecule has 0 rings (SSSR count). The Balaban J connectivity index is 4.37. The Morgan fingerprint density at radius 2 is 0.506 bits per heavy atom. The Morgan fingerprint density at radius 1 is 0.273 bits per heavy atom. The Labute approximate surface area is 477 Å². The summed E-state index contributed by atoms with van der Waals surface area (Å²) < 4.78 is 16.9. The molecule has 0 aliphatic carbocycles. The van der Waals surface area contributed by atoms with Crippen LogP contribution in [0.1, 0.15) is 329 Å². The predicted molar refractivity (Wildman–Crippen MR) is 334 cm³/mol. The van der Waals surface area contributed by atoms with Crippen LogP contribution in [0.4, 0.5) is 0 Å². The van der Waals surface area contributed by atoms with Gasteiger partial charge in [0.1, 0.15) is 13.2 Å². The molecule has 0 fully saturated rings. The first-order valence-corrected chi connectivity index (χ1v) is 33.1. The summed E-state index contributed by atoms with van der Waals surface area (Å²) in [5, 5.41) is 0. The second-order valence-corrected chi connectivity index (χ2v) is 22.0. The van der Waals surface area contributed by atoms with Crippen molar-refractivity contribution in [3.05, 3.63) is 85.1 Å². The van der Waals surface area contributed by atoms with Crippen LogP contribution in [0, 0.1) is 0 Å². The molecule has 0 spiro atoms. The number of unbranched alkanes of at least 4 members (excludes halogenated alkanes) is 35. The zero-order chi connectivity index (χ0) is 55.7. The number of carbonyl (C=O) groups is 3. The van der Waals surface area contributed by atoms with Crippen molar-refractivity contribution in [2.45, 2.75) is 335 Å². The van der Waals surface area contributed by atoms with Gasteiger partial charge < -0.3 is 14.2 Å². The molecule has 444 valence electrons. The van der Waals surface area contributed by atoms with E-state index in [1.165, 1.54) is 199 Å². The lowest BCUT2D eigenvalue weighted by Crippen LogP contribution is -2.30. The minimum atomic E-state index is -0.797. The lowest BCUT2D eigenvalue weighted by atomic mass is 10.0. The smallest absolute Gasteiger partial charge is 0.306 e. The average Bonchev–Trinajstić information content (AvgIpc) is 3.43. The van der Waals surface area contributed by atoms with Gasteiger partial charge in [-0.05, 0) is 116 Å². The number of hydrogen-bond donors (Lipinski definition) is 0. The molecular formula is C71H124O6. The molecule has 0 saturated carbocycles. The van der Waals surface area contributed by atoms with Crippen LogP contribution in [0.3, 0.4) is 0 Å². The van der Waals surface area contributed by atoms with Crippen molar-refractivity contribution in [1.29, 1.82) is 0 Å². The summed E-state index contributed by atoms with van der Waals surface area (Å²) in [6.07, 6.45) is 86.0. The quantitative estimate of drug-likeness (QED) is 0.0261. The van der Waals surface area contributed by atoms with E-state index in [-0.39, 0.29) is 31.1 Å². The van der Waals surface area contributed by atoms with Gasteiger partial charge in [-0.2, -0.15) is 0 Å². The van der Waals surface area contributed by atoms with E-state index in [1.807, 2.05) is 0 Å². The maximum atomic E-state index is 12.9. The summed E-state index contributed by atoms with van der Waals surface area (Å²) in [4.78, 5) is 38.4. The average molecular weight is 1070 g/mol. The third kappa shape index (κ3) is 63.3. The van der Waals surface area contributed by atoms with Crippen molar-refractivity contribution in [2.75, 3.05) is 13.2 Å². The molecule has 0 aliphatic rings. The summed E-state index contributed by atoms with van der Waals surface area (Å²) in [7, 11) is 0. The van der Waals surface area contributed by atoms with Gasteiger partial charge in [0, 0.05) is 19.3 Å². The molecule has 1 unspecified atom stereocenters. The highest BCUT2D eigenvalue weighted by molar-refractivity contribution is 5.71. The number of hydrogen-bond acceptors (Lipinski definition) is 6. The number of ether oxygens (including phenoxy) is 3. The fraction of sp³-hybridized carbons (Fsp3) is 0.761. The molecule has 0 bridgehead atoms. The molecule has 0 aliphatic heterocycles. The van der Waals surface area contributed by atoms with E-state index >= 15 is 0 Å². The standard InChI is InChI=1S/C71H124O6/c1-4-7-10-13-16-19-22-25-28-30-32-34-35-37-38-40-43-46-49-52-55-58-61-64-70(73)76-67-68(66-75-69(72)63-60-57-54-51-48-45-42-27-24-21-18-15-12-9-6-3)77-71(74)65-62-59-56-53-50-47-44-41-39-36-33-31-29-26-23-20-17-14-11-8-5-2/h9,12,18,21-22,25,27,30-33,42,48,51,68H,4-8,10-11,13-17,19-20,23-24,26,28-29,34-41,43-47,49-50,52-67H2,1-3H3/b12-9-,21-18-,25-22-,32-30-,33-31-,42-27-,51-48-. The Hall–Kier alpha value is -3.41. The Bertz CT molecular complexity index is 1470. The molecule has 77 heavy (non-hydrogen) atoms. The lowest BCUT2D eigenvalue weighted by molar-refractivity contribution is -0.167. The van der Waals surface area contributed by atoms with E-state index in [0.29, 0.717) is 19.3 Å². The van der Waals surface area contributed by atoms with Crippen molar-refractivity contribution < 1.29 is 28.6 Å². The first kappa shape index (κ1) is 73.6. The third-order valence-corrected chi connectivity index (χ3v) is 14.4. The van der Waals surface area contributed by atoms with Gasteiger partial charge in [-0.25, -0.2) is 0 Å². The first-order chi connectivity index (χ1) is 38.0. The normalized spacial score (nSPS) is 12.6. The van der Waals surface area contributed by atoms with Crippen molar-refractivity contribution in [1.82, 2.24) is 0 Å². The van der Waals surface area contributed by atoms with Gasteiger partial charge in [0.05, 0.1) is 0 Å². The summed E-state index contributed by atoms with van der Waals surface area (Å²) >= 11 is 0. The molecule has 1 atom stereocenters. The molecule has 0 radical (unpaired) electrons. The molecular weight excluding hydrogens is 949 g/mol. The number of allylic oxidation sites excluding steroid dienone is 14. The highest BCUT2D eigenvalue weighted by atomic mass is 16.6. The van der Waals surface area contributed by atoms with Crippen molar-refractivity contribution in [3.8, 4) is 0 Å². The molecule has 0 heterocycles. The van der Waals surface area contributed by atoms with E-state index < -0.39 is 6.10 Å². The molecule has 0 aromatic carbocycles. The van der Waals surface area contributed by atoms with Gasteiger partial charge in [-0.15, -0.1) is 0 Å². The minimum Gasteiger partial charge on any atom is -0.462 e. The topological polar surface area (TPSA) is 78.9 Å². The van der Waals surface area contributed by atoms with Crippen LogP contribution in [0.15, 0.2) is 85.1 Å². The van der Waals surface area contributed by atoms with E-state index in [9.17, 15) is 14.4 Å². The molecule has 0 saturated heterocycles. The predicted octanol–water partition coefficient (Wildman–Crippen LogP) is 22.7. The Kier molecular flexibility index (Phi) is 62.2. The van der Waals surface area contributed by atoms with Crippen LogP contribution in [-0.4, -0.2) is 37.2 Å². The maximum absolute atomic E-state index is 12.9. The SMILES string of the molecule is CC/C=C\C/C=C\C/C=C\C/C=C\CCCCC(=O)OCC(COC(=O)CCCCCCCCCCCCC/C=C\C/C=C\CCCCCCC)OC(=O)CCCCCCCCCCC/C=C\CCCCCCCCCC. The van der Waals surface area contributed by atoms with Gasteiger partial charge in [-0.1, -0.05) is 279 Å². The van der Waals surface area contributed by atoms with Crippen LogP contribution in [0.2, 0.25) is 0 Å². The molecule has 0 N–H and O–H groups in total. The zero-order valence-electron chi connectivity index (χ0n) is 51.0. The van der Waals surface area contributed by atoms with Crippen molar-refractivity contribution in [3.63, 3.8) is 0 Å². The van der Waals surface area contributed by atoms with Crippen LogP contribution in [0.5, 0.6) is 0 Å². The molecule has 0 amide bonds. The van der Waals surface area contributed by atoms with Gasteiger partial charge in [-0.3, -0.25) is 14.4 Å². The number of carbonyl (C=O) groups excluding carboxylic acids is 3. The molecule has 0 aromatic heterocycles. The summed E-state index contributed by atoms with van der Waals surface area (Å²) in [5.74, 6) is -0.924. The van der Waals surface area contributed by atoms with Crippen molar-refractivity contribution in [2.24, 2.45) is 0 Å². The fourth-order valence-corrected chi connectivity index (χ4v) is 9.40. The lowest BCUT2D eigenvalue weighted by Gasteiger charge is -2.18. The Morgan fingerprint density at radius 3 is 0.831 bits per heavy atom. The first-order valence-electron chi connectivity index (χ1n) is 33.1. The monoisotopic (exact) mass is 1070 g/mol. The third-order valence-electron chi connectivity index (χ3n) is 14.4. The summed E-state index contributed by atoms with van der Waals surface area (Å²) in [5.41, 5.74) is 0. The second kappa shape index (κ2) is 65.1. The molecule has 0 aromatic rings. The van der Waals surface area contributed by atoms with Crippen LogP contribution in [0.25, 0.3) is 0 Å². The molecule has 6 nitrogen and oxygen atoms in total. The minimum absolute atomic E-state index is 0.0903. The zero-order valence-corrected chi connectivity index (χ0v) is 51.0. The molecule has 6 heteroatoms. The van der Waals surface area contributed by atoms with E-state index in [0.717, 1.165) is 89.9 Å². The number of rotatable bonds is 60. The van der Waals surface area contributed by atoms with Crippen LogP contribution >= 0.6 is 0 Å². The van der Waals surface area contributed by atoms with Crippen molar-refractivity contribution >= 4 is 17.9 Å². The van der Waals surface area contributed by atoms with Crippen LogP contribution in [-0.2, 0) is 28.6 Å². The van der Waals surface area contributed by atoms with E-state index in [2.05, 4.69) is 106 Å². The van der Waals surface area contributed by atoms with Gasteiger partial charge >= 0.3 is 17.9 Å². The van der Waals surface area contributed by atoms with Gasteiger partial charge in [0.25, 0.3) is 0 Å². The van der Waals surface area contributed by atoms with E-state index in [1.54, 1.807) is 0 Å². The van der Waals surface area contributed by atoms with Crippen LogP contribution < -0.4 is 0 Å². The number of esters is 3. The maximum Gasteiger partial charge on any atom is 0.306 e. The van der Waals surface area contributed by atoms with Gasteiger partial charge in [0.2, 0.25) is 0 Å². The fourth-order valence-electron chi connectivity index (χ4n) is 9.40.